The van der Waals surface area contributed by atoms with Crippen LogP contribution in [0.3, 0.4) is 0 Å². The van der Waals surface area contributed by atoms with E-state index in [1.165, 1.54) is 6.07 Å². The number of nitrogens with one attached hydrogen (secondary N) is 2. The molecule has 1 fully saturated rings. The van der Waals surface area contributed by atoms with Gasteiger partial charge in [-0.3, -0.25) is 4.79 Å². The Hall–Kier alpha value is -4.64. The Labute approximate surface area is 211 Å². The quantitative estimate of drug-likeness (QED) is 0.429. The van der Waals surface area contributed by atoms with E-state index in [1.807, 2.05) is 36.4 Å². The van der Waals surface area contributed by atoms with Crippen LogP contribution in [0.1, 0.15) is 11.1 Å². The van der Waals surface area contributed by atoms with Crippen LogP contribution < -0.4 is 15.5 Å². The van der Waals surface area contributed by atoms with Crippen molar-refractivity contribution < 1.29 is 18.3 Å². The van der Waals surface area contributed by atoms with E-state index < -0.39 is 17.9 Å². The van der Waals surface area contributed by atoms with Crippen molar-refractivity contribution in [2.45, 2.75) is 6.17 Å². The van der Waals surface area contributed by atoms with Crippen molar-refractivity contribution in [2.75, 3.05) is 41.8 Å². The molecule has 1 saturated heterocycles. The molecule has 186 valence electrons. The number of hydrogen-bond acceptors (Lipinski definition) is 9. The second-order valence-corrected chi connectivity index (χ2v) is 8.43. The number of amides is 1. The molecule has 1 atom stereocenters. The van der Waals surface area contributed by atoms with Crippen LogP contribution in [-0.2, 0) is 9.53 Å². The molecule has 0 aliphatic carbocycles. The molecule has 2 aromatic heterocycles. The normalized spacial score (nSPS) is 17.4. The zero-order chi connectivity index (χ0) is 25.2. The fourth-order valence-corrected chi connectivity index (χ4v) is 4.32. The summed E-state index contributed by atoms with van der Waals surface area (Å²) < 4.78 is 26.0. The third-order valence-corrected chi connectivity index (χ3v) is 6.08. The standard InChI is InChI=1S/C26H22FN7O3/c27-19-10-4-8-17-20(16-6-2-1-3-7-16)29-22(24(35)30-21(17)19)31-26-33-32-25(37-26)18-9-5-11-28-23(18)34-12-14-36-15-13-34/h1-11,22H,12-15H2,(H,30,35)(H,31,33). The topological polar surface area (TPSA) is 118 Å². The third kappa shape index (κ3) is 4.52. The molecule has 6 rings (SSSR count). The zero-order valence-electron chi connectivity index (χ0n) is 19.6. The molecule has 10 nitrogen and oxygen atoms in total. The Bertz CT molecular complexity index is 1470. The maximum Gasteiger partial charge on any atom is 0.317 e. The number of benzene rings is 2. The van der Waals surface area contributed by atoms with Crippen LogP contribution in [-0.4, -0.2) is 59.3 Å². The summed E-state index contributed by atoms with van der Waals surface area (Å²) in [5.41, 5.74) is 2.39. The number of carbonyl (C=O) groups is 1. The summed E-state index contributed by atoms with van der Waals surface area (Å²) in [5.74, 6) is -0.161. The van der Waals surface area contributed by atoms with Crippen LogP contribution in [0.25, 0.3) is 11.5 Å². The number of halogens is 1. The van der Waals surface area contributed by atoms with E-state index in [2.05, 4.69) is 35.7 Å². The molecule has 4 aromatic rings. The number of anilines is 3. The summed E-state index contributed by atoms with van der Waals surface area (Å²) in [6, 6.07) is 17.5. The molecular formula is C26H22FN7O3. The van der Waals surface area contributed by atoms with Gasteiger partial charge in [-0.05, 0) is 18.2 Å². The van der Waals surface area contributed by atoms with Gasteiger partial charge in [0.2, 0.25) is 6.17 Å². The lowest BCUT2D eigenvalue weighted by atomic mass is 10.0. The van der Waals surface area contributed by atoms with Crippen LogP contribution in [0.4, 0.5) is 21.9 Å². The van der Waals surface area contributed by atoms with Crippen LogP contribution >= 0.6 is 0 Å². The van der Waals surface area contributed by atoms with E-state index in [-0.39, 0.29) is 17.6 Å². The Balaban J connectivity index is 1.33. The Morgan fingerprint density at radius 3 is 2.62 bits per heavy atom. The summed E-state index contributed by atoms with van der Waals surface area (Å²) in [6.45, 7) is 2.60. The number of morpholine rings is 1. The van der Waals surface area contributed by atoms with Gasteiger partial charge < -0.3 is 24.7 Å². The Morgan fingerprint density at radius 2 is 1.78 bits per heavy atom. The van der Waals surface area contributed by atoms with Crippen molar-refractivity contribution in [2.24, 2.45) is 4.99 Å². The van der Waals surface area contributed by atoms with Crippen molar-refractivity contribution >= 4 is 29.1 Å². The number of ether oxygens (including phenoxy) is 1. The summed E-state index contributed by atoms with van der Waals surface area (Å²) in [6.07, 6.45) is 0.555. The maximum absolute atomic E-state index is 14.7. The second kappa shape index (κ2) is 9.78. The molecule has 11 heteroatoms. The Morgan fingerprint density at radius 1 is 0.973 bits per heavy atom. The molecule has 37 heavy (non-hydrogen) atoms. The van der Waals surface area contributed by atoms with Gasteiger partial charge in [-0.25, -0.2) is 14.4 Å². The predicted octanol–water partition coefficient (Wildman–Crippen LogP) is 3.34. The lowest BCUT2D eigenvalue weighted by Gasteiger charge is -2.28. The molecule has 2 aliphatic heterocycles. The van der Waals surface area contributed by atoms with Crippen molar-refractivity contribution in [1.82, 2.24) is 15.2 Å². The van der Waals surface area contributed by atoms with Crippen molar-refractivity contribution in [1.29, 1.82) is 0 Å². The van der Waals surface area contributed by atoms with E-state index in [9.17, 15) is 9.18 Å². The SMILES string of the molecule is O=C1Nc2c(F)cccc2C(c2ccccc2)=NC1Nc1nnc(-c2cccnc2N2CCOCC2)o1. The Kier molecular flexibility index (Phi) is 6.03. The number of aliphatic imine (C=N–C) groups is 1. The number of nitrogens with zero attached hydrogens (tertiary/aromatic N) is 5. The van der Waals surface area contributed by atoms with Gasteiger partial charge in [0.15, 0.2) is 0 Å². The summed E-state index contributed by atoms with van der Waals surface area (Å²) in [5, 5.41) is 13.8. The zero-order valence-corrected chi connectivity index (χ0v) is 19.6. The molecule has 0 bridgehead atoms. The first kappa shape index (κ1) is 22.8. The minimum Gasteiger partial charge on any atom is -0.403 e. The summed E-state index contributed by atoms with van der Waals surface area (Å²) >= 11 is 0. The van der Waals surface area contributed by atoms with Gasteiger partial charge in [-0.15, -0.1) is 5.10 Å². The highest BCUT2D eigenvalue weighted by Crippen LogP contribution is 2.30. The monoisotopic (exact) mass is 499 g/mol. The average Bonchev–Trinajstić information content (AvgIpc) is 3.36. The molecule has 1 amide bonds. The third-order valence-electron chi connectivity index (χ3n) is 6.08. The first-order valence-corrected chi connectivity index (χ1v) is 11.8. The highest BCUT2D eigenvalue weighted by atomic mass is 19.1. The number of hydrogen-bond donors (Lipinski definition) is 2. The predicted molar refractivity (Wildman–Crippen MR) is 135 cm³/mol. The van der Waals surface area contributed by atoms with Gasteiger partial charge in [0.05, 0.1) is 30.2 Å². The molecule has 0 radical (unpaired) electrons. The number of carbonyl (C=O) groups excluding carboxylic acids is 1. The van der Waals surface area contributed by atoms with Gasteiger partial charge in [0.1, 0.15) is 11.6 Å². The fourth-order valence-electron chi connectivity index (χ4n) is 4.32. The van der Waals surface area contributed by atoms with Gasteiger partial charge in [0, 0.05) is 30.4 Å². The van der Waals surface area contributed by atoms with Gasteiger partial charge >= 0.3 is 6.01 Å². The largest absolute Gasteiger partial charge is 0.403 e. The molecular weight excluding hydrogens is 477 g/mol. The van der Waals surface area contributed by atoms with Gasteiger partial charge in [-0.1, -0.05) is 47.6 Å². The molecule has 0 saturated carbocycles. The first-order valence-electron chi connectivity index (χ1n) is 11.8. The van der Waals surface area contributed by atoms with Crippen LogP contribution in [0.15, 0.2) is 76.3 Å². The van der Waals surface area contributed by atoms with Crippen molar-refractivity contribution in [3.05, 3.63) is 83.8 Å². The minimum absolute atomic E-state index is 0.00507. The molecule has 1 unspecified atom stereocenters. The van der Waals surface area contributed by atoms with E-state index >= 15 is 0 Å². The van der Waals surface area contributed by atoms with Crippen molar-refractivity contribution in [3.8, 4) is 11.5 Å². The number of para-hydroxylation sites is 1. The van der Waals surface area contributed by atoms with Gasteiger partial charge in [0.25, 0.3) is 11.8 Å². The van der Waals surface area contributed by atoms with Crippen LogP contribution in [0.2, 0.25) is 0 Å². The second-order valence-electron chi connectivity index (χ2n) is 8.43. The first-order chi connectivity index (χ1) is 18.2. The number of aromatic nitrogens is 3. The van der Waals surface area contributed by atoms with Gasteiger partial charge in [-0.2, -0.15) is 0 Å². The lowest BCUT2D eigenvalue weighted by Crippen LogP contribution is -2.37. The lowest BCUT2D eigenvalue weighted by molar-refractivity contribution is -0.116. The fraction of sp³-hybridized carbons (Fsp3) is 0.192. The number of benzodiazepines with no additional fused rings is 1. The summed E-state index contributed by atoms with van der Waals surface area (Å²) in [7, 11) is 0. The highest BCUT2D eigenvalue weighted by Gasteiger charge is 2.29. The average molecular weight is 500 g/mol. The van der Waals surface area contributed by atoms with Crippen LogP contribution in [0, 0.1) is 5.82 Å². The molecule has 2 aliphatic rings. The number of pyridine rings is 1. The van der Waals surface area contributed by atoms with Crippen molar-refractivity contribution in [3.63, 3.8) is 0 Å². The molecule has 2 N–H and O–H groups in total. The molecule has 4 heterocycles. The summed E-state index contributed by atoms with van der Waals surface area (Å²) in [4.78, 5) is 24.3. The maximum atomic E-state index is 14.7. The van der Waals surface area contributed by atoms with E-state index in [0.717, 1.165) is 5.56 Å². The van der Waals surface area contributed by atoms with E-state index in [1.54, 1.807) is 24.4 Å². The number of rotatable bonds is 5. The smallest absolute Gasteiger partial charge is 0.317 e. The number of fused-ring (bicyclic) bond motifs is 1. The highest BCUT2D eigenvalue weighted by molar-refractivity contribution is 6.19. The molecule has 2 aromatic carbocycles. The molecule has 0 spiro atoms. The minimum atomic E-state index is -1.15. The van der Waals surface area contributed by atoms with Crippen LogP contribution in [0.5, 0.6) is 0 Å². The van der Waals surface area contributed by atoms with E-state index in [0.29, 0.717) is 49.0 Å². The van der Waals surface area contributed by atoms with E-state index in [4.69, 9.17) is 9.15 Å².